The third-order valence-electron chi connectivity index (χ3n) is 3.59. The number of methoxy groups -OCH3 is 1. The van der Waals surface area contributed by atoms with Gasteiger partial charge in [-0.3, -0.25) is 4.90 Å². The highest BCUT2D eigenvalue weighted by molar-refractivity contribution is 5.64. The highest BCUT2D eigenvalue weighted by Gasteiger charge is 2.13. The Bertz CT molecular complexity index is 561. The van der Waals surface area contributed by atoms with Crippen LogP contribution in [0.5, 0.6) is 5.75 Å². The van der Waals surface area contributed by atoms with Gasteiger partial charge in [0.2, 0.25) is 0 Å². The third kappa shape index (κ3) is 2.84. The SMILES string of the molecule is COc1ccccc1-c1ncc(CN2CCNCC2)[nH]1. The molecule has 1 aromatic heterocycles. The lowest BCUT2D eigenvalue weighted by Gasteiger charge is -2.26. The number of H-pyrrole nitrogens is 1. The molecule has 0 saturated carbocycles. The second-order valence-electron chi connectivity index (χ2n) is 4.98. The van der Waals surface area contributed by atoms with E-state index in [0.717, 1.165) is 55.6 Å². The molecule has 2 aromatic rings. The van der Waals surface area contributed by atoms with Gasteiger partial charge in [0.15, 0.2) is 0 Å². The molecule has 106 valence electrons. The molecule has 2 heterocycles. The minimum Gasteiger partial charge on any atom is -0.496 e. The maximum absolute atomic E-state index is 5.38. The van der Waals surface area contributed by atoms with Crippen LogP contribution in [0.15, 0.2) is 30.5 Å². The number of nitrogens with one attached hydrogen (secondary N) is 2. The van der Waals surface area contributed by atoms with Crippen molar-refractivity contribution >= 4 is 0 Å². The van der Waals surface area contributed by atoms with Crippen LogP contribution in [-0.4, -0.2) is 48.2 Å². The molecule has 0 atom stereocenters. The van der Waals surface area contributed by atoms with E-state index in [1.54, 1.807) is 7.11 Å². The van der Waals surface area contributed by atoms with Crippen LogP contribution in [0.2, 0.25) is 0 Å². The molecule has 2 N–H and O–H groups in total. The summed E-state index contributed by atoms with van der Waals surface area (Å²) in [5, 5.41) is 3.36. The summed E-state index contributed by atoms with van der Waals surface area (Å²) >= 11 is 0. The molecule has 1 aromatic carbocycles. The Morgan fingerprint density at radius 1 is 1.25 bits per heavy atom. The number of nitrogens with zero attached hydrogens (tertiary/aromatic N) is 2. The fourth-order valence-corrected chi connectivity index (χ4v) is 2.53. The third-order valence-corrected chi connectivity index (χ3v) is 3.59. The summed E-state index contributed by atoms with van der Waals surface area (Å²) in [5.74, 6) is 1.71. The van der Waals surface area contributed by atoms with Crippen molar-refractivity contribution in [3.05, 3.63) is 36.2 Å². The van der Waals surface area contributed by atoms with Gasteiger partial charge in [-0.05, 0) is 12.1 Å². The zero-order valence-electron chi connectivity index (χ0n) is 11.7. The zero-order valence-corrected chi connectivity index (χ0v) is 11.7. The Balaban J connectivity index is 1.75. The quantitative estimate of drug-likeness (QED) is 0.885. The predicted molar refractivity (Wildman–Crippen MR) is 78.7 cm³/mol. The molecule has 0 amide bonds. The minimum absolute atomic E-state index is 0.843. The minimum atomic E-state index is 0.843. The summed E-state index contributed by atoms with van der Waals surface area (Å²) in [6, 6.07) is 7.93. The smallest absolute Gasteiger partial charge is 0.141 e. The first kappa shape index (κ1) is 13.1. The largest absolute Gasteiger partial charge is 0.496 e. The van der Waals surface area contributed by atoms with Crippen LogP contribution < -0.4 is 10.1 Å². The fraction of sp³-hybridized carbons (Fsp3) is 0.400. The molecule has 20 heavy (non-hydrogen) atoms. The second-order valence-corrected chi connectivity index (χ2v) is 4.98. The van der Waals surface area contributed by atoms with E-state index in [1.165, 1.54) is 0 Å². The van der Waals surface area contributed by atoms with E-state index in [1.807, 2.05) is 30.5 Å². The van der Waals surface area contributed by atoms with Crippen molar-refractivity contribution in [2.45, 2.75) is 6.54 Å². The molecule has 0 spiro atoms. The molecule has 1 fully saturated rings. The van der Waals surface area contributed by atoms with E-state index >= 15 is 0 Å². The molecular weight excluding hydrogens is 252 g/mol. The van der Waals surface area contributed by atoms with Crippen LogP contribution in [0, 0.1) is 0 Å². The van der Waals surface area contributed by atoms with Gasteiger partial charge in [0.05, 0.1) is 12.7 Å². The lowest BCUT2D eigenvalue weighted by atomic mass is 10.2. The van der Waals surface area contributed by atoms with Gasteiger partial charge in [-0.2, -0.15) is 0 Å². The molecule has 1 saturated heterocycles. The molecule has 0 bridgehead atoms. The van der Waals surface area contributed by atoms with Crippen molar-refractivity contribution in [1.82, 2.24) is 20.2 Å². The number of hydrogen-bond acceptors (Lipinski definition) is 4. The van der Waals surface area contributed by atoms with Gasteiger partial charge < -0.3 is 15.0 Å². The summed E-state index contributed by atoms with van der Waals surface area (Å²) in [6.07, 6.45) is 1.92. The van der Waals surface area contributed by atoms with Crippen molar-refractivity contribution < 1.29 is 4.74 Å². The number of ether oxygens (including phenoxy) is 1. The van der Waals surface area contributed by atoms with Gasteiger partial charge in [-0.15, -0.1) is 0 Å². The van der Waals surface area contributed by atoms with Crippen molar-refractivity contribution in [3.8, 4) is 17.1 Å². The van der Waals surface area contributed by atoms with Crippen molar-refractivity contribution in [3.63, 3.8) is 0 Å². The van der Waals surface area contributed by atoms with Gasteiger partial charge in [0.25, 0.3) is 0 Å². The van der Waals surface area contributed by atoms with E-state index in [2.05, 4.69) is 20.2 Å². The highest BCUT2D eigenvalue weighted by Crippen LogP contribution is 2.27. The summed E-state index contributed by atoms with van der Waals surface area (Å²) in [7, 11) is 1.68. The van der Waals surface area contributed by atoms with Crippen LogP contribution in [0.25, 0.3) is 11.4 Å². The Morgan fingerprint density at radius 3 is 2.85 bits per heavy atom. The summed E-state index contributed by atoms with van der Waals surface area (Å²) in [4.78, 5) is 10.3. The number of benzene rings is 1. The zero-order chi connectivity index (χ0) is 13.8. The average molecular weight is 272 g/mol. The van der Waals surface area contributed by atoms with Crippen molar-refractivity contribution in [1.29, 1.82) is 0 Å². The van der Waals surface area contributed by atoms with E-state index in [9.17, 15) is 0 Å². The van der Waals surface area contributed by atoms with Crippen LogP contribution in [0.4, 0.5) is 0 Å². The number of piperazine rings is 1. The molecule has 5 heteroatoms. The van der Waals surface area contributed by atoms with E-state index < -0.39 is 0 Å². The van der Waals surface area contributed by atoms with Crippen LogP contribution in [-0.2, 0) is 6.54 Å². The normalized spacial score (nSPS) is 16.2. The summed E-state index contributed by atoms with van der Waals surface area (Å²) < 4.78 is 5.38. The van der Waals surface area contributed by atoms with Crippen LogP contribution in [0.1, 0.15) is 5.69 Å². The van der Waals surface area contributed by atoms with E-state index in [4.69, 9.17) is 4.74 Å². The first-order valence-electron chi connectivity index (χ1n) is 6.97. The molecule has 1 aliphatic heterocycles. The molecule has 1 aliphatic rings. The van der Waals surface area contributed by atoms with Gasteiger partial charge in [-0.25, -0.2) is 4.98 Å². The highest BCUT2D eigenvalue weighted by atomic mass is 16.5. The Morgan fingerprint density at radius 2 is 2.05 bits per heavy atom. The number of hydrogen-bond donors (Lipinski definition) is 2. The topological polar surface area (TPSA) is 53.2 Å². The van der Waals surface area contributed by atoms with Gasteiger partial charge in [0.1, 0.15) is 11.6 Å². The fourth-order valence-electron chi connectivity index (χ4n) is 2.53. The van der Waals surface area contributed by atoms with Crippen molar-refractivity contribution in [2.75, 3.05) is 33.3 Å². The average Bonchev–Trinajstić information content (AvgIpc) is 2.96. The molecule has 0 radical (unpaired) electrons. The standard InChI is InChI=1S/C15H20N4O/c1-20-14-5-3-2-4-13(14)15-17-10-12(18-15)11-19-8-6-16-7-9-19/h2-5,10,16H,6-9,11H2,1H3,(H,17,18). The Kier molecular flexibility index (Phi) is 3.99. The molecule has 0 aliphatic carbocycles. The van der Waals surface area contributed by atoms with Crippen LogP contribution in [0.3, 0.4) is 0 Å². The number of rotatable bonds is 4. The number of imidazole rings is 1. The number of para-hydroxylation sites is 1. The first-order valence-corrected chi connectivity index (χ1v) is 6.97. The summed E-state index contributed by atoms with van der Waals surface area (Å²) in [5.41, 5.74) is 2.15. The first-order chi connectivity index (χ1) is 9.86. The molecule has 3 rings (SSSR count). The second kappa shape index (κ2) is 6.07. The Hall–Kier alpha value is -1.85. The number of aromatic amines is 1. The maximum atomic E-state index is 5.38. The monoisotopic (exact) mass is 272 g/mol. The number of aromatic nitrogens is 2. The van der Waals surface area contributed by atoms with Gasteiger partial charge in [0, 0.05) is 44.6 Å². The van der Waals surface area contributed by atoms with Crippen LogP contribution >= 0.6 is 0 Å². The lowest BCUT2D eigenvalue weighted by Crippen LogP contribution is -2.42. The molecule has 5 nitrogen and oxygen atoms in total. The van der Waals surface area contributed by atoms with Gasteiger partial charge in [-0.1, -0.05) is 12.1 Å². The van der Waals surface area contributed by atoms with E-state index in [0.29, 0.717) is 0 Å². The molecule has 0 unspecified atom stereocenters. The maximum Gasteiger partial charge on any atom is 0.141 e. The Labute approximate surface area is 119 Å². The van der Waals surface area contributed by atoms with E-state index in [-0.39, 0.29) is 0 Å². The predicted octanol–water partition coefficient (Wildman–Crippen LogP) is 1.49. The summed E-state index contributed by atoms with van der Waals surface area (Å²) in [6.45, 7) is 5.22. The van der Waals surface area contributed by atoms with Gasteiger partial charge >= 0.3 is 0 Å². The molecular formula is C15H20N4O. The lowest BCUT2D eigenvalue weighted by molar-refractivity contribution is 0.231. The van der Waals surface area contributed by atoms with Crippen molar-refractivity contribution in [2.24, 2.45) is 0 Å².